The van der Waals surface area contributed by atoms with Gasteiger partial charge in [0.1, 0.15) is 18.0 Å². The second-order valence-electron chi connectivity index (χ2n) is 4.70. The third-order valence-corrected chi connectivity index (χ3v) is 4.89. The number of hydrogen-bond acceptors (Lipinski definition) is 6. The number of benzene rings is 1. The summed E-state index contributed by atoms with van der Waals surface area (Å²) in [7, 11) is -3.26. The summed E-state index contributed by atoms with van der Waals surface area (Å²) in [5.41, 5.74) is 1.03. The molecule has 6 nitrogen and oxygen atoms in total. The van der Waals surface area contributed by atoms with Crippen LogP contribution in [0.5, 0.6) is 5.75 Å². The Bertz CT molecular complexity index is 611. The number of nitrogens with zero attached hydrogens (tertiary/aromatic N) is 1. The third kappa shape index (κ3) is 3.10. The van der Waals surface area contributed by atoms with Gasteiger partial charge in [-0.25, -0.2) is 8.42 Å². The zero-order chi connectivity index (χ0) is 14.8. The van der Waals surface area contributed by atoms with Crippen molar-refractivity contribution >= 4 is 15.5 Å². The second kappa shape index (κ2) is 5.80. The van der Waals surface area contributed by atoms with Crippen LogP contribution in [0.2, 0.25) is 0 Å². The van der Waals surface area contributed by atoms with Crippen molar-refractivity contribution in [3.05, 3.63) is 29.8 Å². The first-order valence-electron chi connectivity index (χ1n) is 6.32. The number of hydrogen-bond donors (Lipinski definition) is 2. The van der Waals surface area contributed by atoms with Gasteiger partial charge in [0.15, 0.2) is 9.84 Å². The van der Waals surface area contributed by atoms with Gasteiger partial charge in [0.05, 0.1) is 17.2 Å². The SMILES string of the molecule is CC/C(=N\O)c1ccccc1OC1CS(=O)(=O)CC1O. The first kappa shape index (κ1) is 14.8. The molecular formula is C13H17NO5S. The molecule has 1 aromatic carbocycles. The van der Waals surface area contributed by atoms with E-state index in [4.69, 9.17) is 9.94 Å². The molecule has 110 valence electrons. The van der Waals surface area contributed by atoms with E-state index in [-0.39, 0.29) is 11.5 Å². The fraction of sp³-hybridized carbons (Fsp3) is 0.462. The minimum Gasteiger partial charge on any atom is -0.486 e. The maximum Gasteiger partial charge on any atom is 0.156 e. The lowest BCUT2D eigenvalue weighted by atomic mass is 10.1. The molecule has 7 heteroatoms. The van der Waals surface area contributed by atoms with E-state index in [9.17, 15) is 13.5 Å². The van der Waals surface area contributed by atoms with E-state index < -0.39 is 22.0 Å². The minimum absolute atomic E-state index is 0.208. The molecule has 0 aliphatic carbocycles. The van der Waals surface area contributed by atoms with Crippen molar-refractivity contribution in [3.63, 3.8) is 0 Å². The van der Waals surface area contributed by atoms with Crippen LogP contribution in [0.4, 0.5) is 0 Å². The molecule has 1 aromatic rings. The standard InChI is InChI=1S/C13H17NO5S/c1-2-10(14-16)9-5-3-4-6-12(9)19-13-8-20(17,18)7-11(13)15/h3-6,11,13,15-16H,2,7-8H2,1H3/b14-10+. The Hall–Kier alpha value is -1.60. The van der Waals surface area contributed by atoms with Gasteiger partial charge in [-0.1, -0.05) is 24.2 Å². The largest absolute Gasteiger partial charge is 0.486 e. The van der Waals surface area contributed by atoms with Crippen LogP contribution in [0.15, 0.2) is 29.4 Å². The van der Waals surface area contributed by atoms with Gasteiger partial charge in [-0.15, -0.1) is 0 Å². The Kier molecular flexibility index (Phi) is 4.29. The van der Waals surface area contributed by atoms with Gasteiger partial charge in [-0.05, 0) is 18.6 Å². The van der Waals surface area contributed by atoms with Gasteiger partial charge in [0, 0.05) is 5.56 Å². The van der Waals surface area contributed by atoms with E-state index in [0.29, 0.717) is 23.4 Å². The Morgan fingerprint density at radius 2 is 2.10 bits per heavy atom. The van der Waals surface area contributed by atoms with Crippen LogP contribution in [0.3, 0.4) is 0 Å². The highest BCUT2D eigenvalue weighted by atomic mass is 32.2. The lowest BCUT2D eigenvalue weighted by Gasteiger charge is -2.18. The van der Waals surface area contributed by atoms with Crippen LogP contribution in [0.1, 0.15) is 18.9 Å². The first-order valence-corrected chi connectivity index (χ1v) is 8.14. The van der Waals surface area contributed by atoms with Crippen LogP contribution in [0, 0.1) is 0 Å². The molecule has 1 heterocycles. The van der Waals surface area contributed by atoms with Crippen molar-refractivity contribution in [1.29, 1.82) is 0 Å². The maximum atomic E-state index is 11.5. The van der Waals surface area contributed by atoms with Crippen molar-refractivity contribution in [1.82, 2.24) is 0 Å². The van der Waals surface area contributed by atoms with Gasteiger partial charge in [-0.2, -0.15) is 0 Å². The number of para-hydroxylation sites is 1. The quantitative estimate of drug-likeness (QED) is 0.487. The first-order chi connectivity index (χ1) is 9.46. The fourth-order valence-corrected chi connectivity index (χ4v) is 3.86. The predicted molar refractivity (Wildman–Crippen MR) is 74.1 cm³/mol. The normalized spacial score (nSPS) is 25.6. The summed E-state index contributed by atoms with van der Waals surface area (Å²) in [6.45, 7) is 1.83. The zero-order valence-corrected chi connectivity index (χ0v) is 11.9. The second-order valence-corrected chi connectivity index (χ2v) is 6.85. The summed E-state index contributed by atoms with van der Waals surface area (Å²) < 4.78 is 28.6. The van der Waals surface area contributed by atoms with E-state index in [0.717, 1.165) is 0 Å². The summed E-state index contributed by atoms with van der Waals surface area (Å²) in [5.74, 6) is -0.0855. The minimum atomic E-state index is -3.26. The van der Waals surface area contributed by atoms with Crippen molar-refractivity contribution in [2.75, 3.05) is 11.5 Å². The van der Waals surface area contributed by atoms with Crippen LogP contribution in [-0.4, -0.2) is 48.2 Å². The summed E-state index contributed by atoms with van der Waals surface area (Å²) in [6, 6.07) is 6.89. The van der Waals surface area contributed by atoms with Gasteiger partial charge in [0.25, 0.3) is 0 Å². The Morgan fingerprint density at radius 3 is 2.65 bits per heavy atom. The number of sulfone groups is 1. The molecule has 0 amide bonds. The van der Waals surface area contributed by atoms with Crippen molar-refractivity contribution < 1.29 is 23.5 Å². The molecule has 1 saturated heterocycles. The highest BCUT2D eigenvalue weighted by Gasteiger charge is 2.38. The fourth-order valence-electron chi connectivity index (χ4n) is 2.20. The van der Waals surface area contributed by atoms with Gasteiger partial charge >= 0.3 is 0 Å². The molecule has 0 saturated carbocycles. The highest BCUT2D eigenvalue weighted by Crippen LogP contribution is 2.25. The number of aliphatic hydroxyl groups excluding tert-OH is 1. The topological polar surface area (TPSA) is 96.2 Å². The molecular weight excluding hydrogens is 282 g/mol. The van der Waals surface area contributed by atoms with Crippen molar-refractivity contribution in [3.8, 4) is 5.75 Å². The lowest BCUT2D eigenvalue weighted by molar-refractivity contribution is 0.0736. The average molecular weight is 299 g/mol. The highest BCUT2D eigenvalue weighted by molar-refractivity contribution is 7.91. The molecule has 2 N–H and O–H groups in total. The van der Waals surface area contributed by atoms with Crippen LogP contribution in [-0.2, 0) is 9.84 Å². The van der Waals surface area contributed by atoms with E-state index in [1.165, 1.54) is 0 Å². The number of ether oxygens (including phenoxy) is 1. The zero-order valence-electron chi connectivity index (χ0n) is 11.1. The Labute approximate surface area is 117 Å². The maximum absolute atomic E-state index is 11.5. The molecule has 2 unspecified atom stereocenters. The Balaban J connectivity index is 2.27. The number of oxime groups is 1. The number of aliphatic hydroxyl groups is 1. The van der Waals surface area contributed by atoms with E-state index in [1.54, 1.807) is 24.3 Å². The average Bonchev–Trinajstić information content (AvgIpc) is 2.65. The molecule has 20 heavy (non-hydrogen) atoms. The summed E-state index contributed by atoms with van der Waals surface area (Å²) >= 11 is 0. The van der Waals surface area contributed by atoms with E-state index in [2.05, 4.69) is 5.16 Å². The van der Waals surface area contributed by atoms with Gasteiger partial charge in [0.2, 0.25) is 0 Å². The molecule has 2 rings (SSSR count). The molecule has 0 spiro atoms. The van der Waals surface area contributed by atoms with Crippen molar-refractivity contribution in [2.24, 2.45) is 5.16 Å². The van der Waals surface area contributed by atoms with Gasteiger partial charge in [-0.3, -0.25) is 0 Å². The third-order valence-electron chi connectivity index (χ3n) is 3.20. The van der Waals surface area contributed by atoms with Gasteiger partial charge < -0.3 is 15.1 Å². The van der Waals surface area contributed by atoms with Crippen LogP contribution >= 0.6 is 0 Å². The smallest absolute Gasteiger partial charge is 0.156 e. The van der Waals surface area contributed by atoms with E-state index in [1.807, 2.05) is 6.92 Å². The van der Waals surface area contributed by atoms with Crippen LogP contribution in [0.25, 0.3) is 0 Å². The summed E-state index contributed by atoms with van der Waals surface area (Å²) in [5, 5.41) is 21.9. The number of rotatable bonds is 4. The molecule has 2 atom stereocenters. The monoisotopic (exact) mass is 299 g/mol. The summed E-state index contributed by atoms with van der Waals surface area (Å²) in [6.07, 6.45) is -1.33. The molecule has 0 bridgehead atoms. The van der Waals surface area contributed by atoms with Crippen molar-refractivity contribution in [2.45, 2.75) is 25.6 Å². The molecule has 1 aliphatic heterocycles. The predicted octanol–water partition coefficient (Wildman–Crippen LogP) is 0.812. The molecule has 1 fully saturated rings. The Morgan fingerprint density at radius 1 is 1.40 bits per heavy atom. The molecule has 0 radical (unpaired) electrons. The summed E-state index contributed by atoms with van der Waals surface area (Å²) in [4.78, 5) is 0. The van der Waals surface area contributed by atoms with E-state index >= 15 is 0 Å². The molecule has 0 aromatic heterocycles. The molecule has 1 aliphatic rings. The van der Waals surface area contributed by atoms with Crippen LogP contribution < -0.4 is 4.74 Å². The lowest BCUT2D eigenvalue weighted by Crippen LogP contribution is -2.30.